The molecule has 8 nitrogen and oxygen atoms in total. The Morgan fingerprint density at radius 1 is 1.21 bits per heavy atom. The number of likely N-dealkylation sites (N-methyl/N-ethyl adjacent to an activating group) is 1. The van der Waals surface area contributed by atoms with E-state index < -0.39 is 27.6 Å². The summed E-state index contributed by atoms with van der Waals surface area (Å²) in [4.78, 5) is 27.7. The van der Waals surface area contributed by atoms with Crippen LogP contribution in [0.4, 0.5) is 10.1 Å². The predicted octanol–water partition coefficient (Wildman–Crippen LogP) is 2.35. The minimum absolute atomic E-state index is 0.0728. The number of fused-ring (bicyclic) bond motifs is 3. The second kappa shape index (κ2) is 8.05. The number of carbonyl (C=O) groups is 2. The molecule has 1 aliphatic heterocycles. The molecule has 0 bridgehead atoms. The Morgan fingerprint density at radius 2 is 1.94 bits per heavy atom. The summed E-state index contributed by atoms with van der Waals surface area (Å²) in [5.74, 6) is -2.14. The molecule has 0 radical (unpaired) electrons. The van der Waals surface area contributed by atoms with Gasteiger partial charge in [0.05, 0.1) is 17.6 Å². The smallest absolute Gasteiger partial charge is 0.275 e. The van der Waals surface area contributed by atoms with Gasteiger partial charge in [-0.3, -0.25) is 14.3 Å². The van der Waals surface area contributed by atoms with Gasteiger partial charge in [0.1, 0.15) is 6.04 Å². The monoisotopic (exact) mass is 482 g/mol. The first-order chi connectivity index (χ1) is 16.1. The lowest BCUT2D eigenvalue weighted by molar-refractivity contribution is -0.120. The highest BCUT2D eigenvalue weighted by molar-refractivity contribution is 7.90. The van der Waals surface area contributed by atoms with Gasteiger partial charge in [-0.15, -0.1) is 0 Å². The van der Waals surface area contributed by atoms with E-state index in [-0.39, 0.29) is 28.3 Å². The lowest BCUT2D eigenvalue weighted by atomic mass is 10.1. The van der Waals surface area contributed by atoms with E-state index in [2.05, 4.69) is 10.4 Å². The van der Waals surface area contributed by atoms with E-state index in [4.69, 9.17) is 0 Å². The zero-order valence-electron chi connectivity index (χ0n) is 18.6. The Hall–Kier alpha value is -3.53. The van der Waals surface area contributed by atoms with Crippen LogP contribution in [-0.2, 0) is 21.2 Å². The molecule has 176 valence electrons. The van der Waals surface area contributed by atoms with E-state index in [0.717, 1.165) is 23.6 Å². The Balaban J connectivity index is 1.38. The first-order valence-electron chi connectivity index (χ1n) is 10.8. The number of sulfone groups is 1. The summed E-state index contributed by atoms with van der Waals surface area (Å²) < 4.78 is 39.9. The van der Waals surface area contributed by atoms with Gasteiger partial charge >= 0.3 is 0 Å². The lowest BCUT2D eigenvalue weighted by Crippen LogP contribution is -2.48. The number of hydrogen-bond donors (Lipinski definition) is 1. The van der Waals surface area contributed by atoms with Crippen LogP contribution in [0.5, 0.6) is 0 Å². The number of anilines is 1. The van der Waals surface area contributed by atoms with Gasteiger partial charge in [0.2, 0.25) is 5.91 Å². The molecule has 3 aromatic rings. The molecular formula is C24H23FN4O4S. The summed E-state index contributed by atoms with van der Waals surface area (Å²) in [6.07, 6.45) is 2.92. The number of amides is 2. The molecule has 0 saturated heterocycles. The molecule has 2 heterocycles. The first-order valence-corrected chi connectivity index (χ1v) is 12.7. The molecule has 1 fully saturated rings. The normalized spacial score (nSPS) is 21.4. The number of nitrogens with one attached hydrogen (secondary N) is 1. The van der Waals surface area contributed by atoms with Crippen molar-refractivity contribution in [3.63, 3.8) is 0 Å². The van der Waals surface area contributed by atoms with E-state index in [0.29, 0.717) is 18.7 Å². The van der Waals surface area contributed by atoms with Crippen LogP contribution < -0.4 is 10.2 Å². The van der Waals surface area contributed by atoms with Crippen molar-refractivity contribution >= 4 is 27.3 Å². The molecule has 0 unspecified atom stereocenters. The fraction of sp³-hybridized carbons (Fsp3) is 0.292. The Bertz CT molecular complexity index is 1400. The van der Waals surface area contributed by atoms with Crippen molar-refractivity contribution in [3.8, 4) is 0 Å². The molecule has 34 heavy (non-hydrogen) atoms. The average Bonchev–Trinajstić information content (AvgIpc) is 3.52. The van der Waals surface area contributed by atoms with Crippen molar-refractivity contribution in [3.05, 3.63) is 77.4 Å². The summed E-state index contributed by atoms with van der Waals surface area (Å²) in [6.45, 7) is 0.304. The maximum atomic E-state index is 14.6. The molecule has 0 spiro atoms. The third kappa shape index (κ3) is 3.98. The molecule has 2 aromatic carbocycles. The van der Waals surface area contributed by atoms with Crippen molar-refractivity contribution in [2.24, 2.45) is 5.92 Å². The highest BCUT2D eigenvalue weighted by Crippen LogP contribution is 2.54. The van der Waals surface area contributed by atoms with Crippen LogP contribution in [0.15, 0.2) is 59.6 Å². The third-order valence-electron chi connectivity index (χ3n) is 6.46. The molecular weight excluding hydrogens is 459 g/mol. The summed E-state index contributed by atoms with van der Waals surface area (Å²) in [6, 6.07) is 13.2. The van der Waals surface area contributed by atoms with Gasteiger partial charge < -0.3 is 10.2 Å². The molecule has 10 heteroatoms. The summed E-state index contributed by atoms with van der Waals surface area (Å²) in [5, 5.41) is 6.77. The number of rotatable bonds is 5. The molecule has 5 rings (SSSR count). The minimum atomic E-state index is -3.40. The van der Waals surface area contributed by atoms with Gasteiger partial charge in [-0.2, -0.15) is 5.10 Å². The molecule has 1 aromatic heterocycles. The molecule has 1 saturated carbocycles. The second-order valence-corrected chi connectivity index (χ2v) is 10.9. The molecule has 2 aliphatic rings. The Kier molecular flexibility index (Phi) is 5.27. The Morgan fingerprint density at radius 3 is 2.65 bits per heavy atom. The van der Waals surface area contributed by atoms with Crippen LogP contribution in [0.25, 0.3) is 0 Å². The number of nitrogens with zero attached hydrogens (tertiary/aromatic N) is 3. The number of carbonyl (C=O) groups excluding carboxylic acids is 2. The van der Waals surface area contributed by atoms with Gasteiger partial charge in [-0.25, -0.2) is 12.8 Å². The van der Waals surface area contributed by atoms with Crippen LogP contribution in [0.3, 0.4) is 0 Å². The average molecular weight is 483 g/mol. The maximum Gasteiger partial charge on any atom is 0.275 e. The van der Waals surface area contributed by atoms with Gasteiger partial charge in [-0.1, -0.05) is 30.3 Å². The first kappa shape index (κ1) is 22.3. The van der Waals surface area contributed by atoms with E-state index in [9.17, 15) is 22.4 Å². The van der Waals surface area contributed by atoms with Crippen LogP contribution in [0, 0.1) is 11.7 Å². The van der Waals surface area contributed by atoms with Crippen molar-refractivity contribution in [1.82, 2.24) is 15.1 Å². The van der Waals surface area contributed by atoms with Gasteiger partial charge in [0, 0.05) is 19.0 Å². The van der Waals surface area contributed by atoms with E-state index in [1.165, 1.54) is 15.6 Å². The zero-order chi connectivity index (χ0) is 24.2. The van der Waals surface area contributed by atoms with E-state index in [1.54, 1.807) is 19.2 Å². The van der Waals surface area contributed by atoms with Crippen LogP contribution in [0.2, 0.25) is 0 Å². The highest BCUT2D eigenvalue weighted by atomic mass is 32.2. The fourth-order valence-corrected chi connectivity index (χ4v) is 5.25. The lowest BCUT2D eigenvalue weighted by Gasteiger charge is -2.23. The van der Waals surface area contributed by atoms with Crippen LogP contribution in [0.1, 0.15) is 34.0 Å². The molecule has 3 atom stereocenters. The van der Waals surface area contributed by atoms with Crippen LogP contribution >= 0.6 is 0 Å². The number of benzene rings is 2. The van der Waals surface area contributed by atoms with Gasteiger partial charge in [0.15, 0.2) is 21.3 Å². The number of halogens is 1. The minimum Gasteiger partial charge on any atom is -0.338 e. The highest BCUT2D eigenvalue weighted by Gasteiger charge is 2.52. The maximum absolute atomic E-state index is 14.6. The second-order valence-electron chi connectivity index (χ2n) is 8.86. The molecule has 2 amide bonds. The fourth-order valence-electron chi connectivity index (χ4n) is 4.60. The Labute approximate surface area is 196 Å². The molecule has 1 N–H and O–H groups in total. The zero-order valence-corrected chi connectivity index (χ0v) is 19.4. The quantitative estimate of drug-likeness (QED) is 0.602. The number of aromatic nitrogens is 2. The van der Waals surface area contributed by atoms with Gasteiger partial charge in [0.25, 0.3) is 5.91 Å². The largest absolute Gasteiger partial charge is 0.338 e. The van der Waals surface area contributed by atoms with E-state index in [1.807, 2.05) is 30.3 Å². The standard InChI is InChI=1S/C24H23FN4O4S/c1-28-20-9-8-15(34(2,32)33)10-17(20)16-11-18(16)21(24(28)31)26-23(30)22-19(25)13-29(27-22)12-14-6-4-3-5-7-14/h3-10,13,16,18,21H,11-12H2,1-2H3,(H,26,30)/t16-,18-,21-/m0/s1. The SMILES string of the molecule is CN1C(=O)[C@@H](NC(=O)c2nn(Cc3ccccc3)cc2F)[C@H]2C[C@H]2c2cc(S(C)(=O)=O)ccc21. The third-order valence-corrected chi connectivity index (χ3v) is 7.57. The van der Waals surface area contributed by atoms with Gasteiger partial charge in [-0.05, 0) is 47.6 Å². The van der Waals surface area contributed by atoms with Crippen molar-refractivity contribution in [2.45, 2.75) is 29.8 Å². The summed E-state index contributed by atoms with van der Waals surface area (Å²) >= 11 is 0. The van der Waals surface area contributed by atoms with Crippen molar-refractivity contribution in [1.29, 1.82) is 0 Å². The van der Waals surface area contributed by atoms with Crippen LogP contribution in [-0.4, -0.2) is 49.4 Å². The van der Waals surface area contributed by atoms with Crippen molar-refractivity contribution in [2.75, 3.05) is 18.2 Å². The summed E-state index contributed by atoms with van der Waals surface area (Å²) in [7, 11) is -1.82. The van der Waals surface area contributed by atoms with E-state index >= 15 is 0 Å². The molecule has 1 aliphatic carbocycles. The predicted molar refractivity (Wildman–Crippen MR) is 123 cm³/mol. The number of hydrogen-bond acceptors (Lipinski definition) is 5. The topological polar surface area (TPSA) is 101 Å². The van der Waals surface area contributed by atoms with Crippen molar-refractivity contribution < 1.29 is 22.4 Å². The summed E-state index contributed by atoms with van der Waals surface area (Å²) in [5.41, 5.74) is 1.91.